The van der Waals surface area contributed by atoms with Gasteiger partial charge in [0.25, 0.3) is 0 Å². The van der Waals surface area contributed by atoms with Gasteiger partial charge in [-0.3, -0.25) is 4.79 Å². The molecule has 0 spiro atoms. The van der Waals surface area contributed by atoms with Crippen molar-refractivity contribution < 1.29 is 0 Å². The minimum absolute atomic E-state index is 0.0162. The molecular weight excluding hydrogens is 212 g/mol. The lowest BCUT2D eigenvalue weighted by molar-refractivity contribution is 0.557. The normalized spacial score (nSPS) is 18.7. The van der Waals surface area contributed by atoms with Gasteiger partial charge in [-0.05, 0) is 17.2 Å². The van der Waals surface area contributed by atoms with Gasteiger partial charge in [-0.25, -0.2) is 0 Å². The van der Waals surface area contributed by atoms with Crippen LogP contribution in [-0.2, 0) is 6.42 Å². The SMILES string of the molecule is O=c1ccc2c([nH]1)CCNC2c1ccccc1. The Morgan fingerprint density at radius 2 is 1.88 bits per heavy atom. The number of aromatic nitrogens is 1. The maximum Gasteiger partial charge on any atom is 0.248 e. The first-order chi connectivity index (χ1) is 8.34. The van der Waals surface area contributed by atoms with Gasteiger partial charge in [0, 0.05) is 24.7 Å². The van der Waals surface area contributed by atoms with Crippen LogP contribution in [0.25, 0.3) is 0 Å². The second kappa shape index (κ2) is 4.18. The predicted octanol–water partition coefficient (Wildman–Crippen LogP) is 1.61. The molecule has 17 heavy (non-hydrogen) atoms. The number of pyridine rings is 1. The fourth-order valence-electron chi connectivity index (χ4n) is 2.40. The molecule has 1 aliphatic heterocycles. The average Bonchev–Trinajstić information content (AvgIpc) is 2.39. The molecule has 0 radical (unpaired) electrons. The summed E-state index contributed by atoms with van der Waals surface area (Å²) < 4.78 is 0. The van der Waals surface area contributed by atoms with Crippen LogP contribution in [0.4, 0.5) is 0 Å². The van der Waals surface area contributed by atoms with E-state index in [1.54, 1.807) is 6.07 Å². The van der Waals surface area contributed by atoms with Gasteiger partial charge in [0.05, 0.1) is 6.04 Å². The number of rotatable bonds is 1. The molecule has 86 valence electrons. The highest BCUT2D eigenvalue weighted by atomic mass is 16.1. The lowest BCUT2D eigenvalue weighted by Crippen LogP contribution is -2.32. The lowest BCUT2D eigenvalue weighted by atomic mass is 9.93. The number of nitrogens with one attached hydrogen (secondary N) is 2. The summed E-state index contributed by atoms with van der Waals surface area (Å²) in [6.45, 7) is 0.895. The number of fused-ring (bicyclic) bond motifs is 1. The molecule has 3 heteroatoms. The van der Waals surface area contributed by atoms with E-state index < -0.39 is 0 Å². The van der Waals surface area contributed by atoms with Gasteiger partial charge in [0.15, 0.2) is 0 Å². The van der Waals surface area contributed by atoms with Gasteiger partial charge in [0.2, 0.25) is 5.56 Å². The summed E-state index contributed by atoms with van der Waals surface area (Å²) in [7, 11) is 0. The molecule has 3 rings (SSSR count). The Morgan fingerprint density at radius 3 is 2.71 bits per heavy atom. The second-order valence-electron chi connectivity index (χ2n) is 4.30. The van der Waals surface area contributed by atoms with Crippen molar-refractivity contribution in [2.45, 2.75) is 12.5 Å². The van der Waals surface area contributed by atoms with Gasteiger partial charge in [-0.1, -0.05) is 30.3 Å². The van der Waals surface area contributed by atoms with Crippen molar-refractivity contribution in [2.75, 3.05) is 6.54 Å². The number of H-pyrrole nitrogens is 1. The molecule has 0 saturated heterocycles. The minimum Gasteiger partial charge on any atom is -0.326 e. The van der Waals surface area contributed by atoms with Gasteiger partial charge in [0.1, 0.15) is 0 Å². The molecule has 1 aromatic carbocycles. The first-order valence-electron chi connectivity index (χ1n) is 5.85. The van der Waals surface area contributed by atoms with E-state index in [-0.39, 0.29) is 11.6 Å². The van der Waals surface area contributed by atoms with Crippen LogP contribution in [0.3, 0.4) is 0 Å². The summed E-state index contributed by atoms with van der Waals surface area (Å²) in [5, 5.41) is 3.49. The summed E-state index contributed by atoms with van der Waals surface area (Å²) in [5.41, 5.74) is 3.46. The summed E-state index contributed by atoms with van der Waals surface area (Å²) in [4.78, 5) is 14.2. The standard InChI is InChI=1S/C14H14N2O/c17-13-7-6-11-12(16-13)8-9-15-14(11)10-4-2-1-3-5-10/h1-7,14-15H,8-9H2,(H,16,17). The molecule has 1 aromatic heterocycles. The van der Waals surface area contributed by atoms with E-state index in [1.807, 2.05) is 24.3 Å². The summed E-state index contributed by atoms with van der Waals surface area (Å²) in [6.07, 6.45) is 0.884. The van der Waals surface area contributed by atoms with Crippen molar-refractivity contribution in [3.05, 3.63) is 69.6 Å². The molecule has 3 nitrogen and oxygen atoms in total. The Morgan fingerprint density at radius 1 is 1.06 bits per heavy atom. The fourth-order valence-corrected chi connectivity index (χ4v) is 2.40. The molecule has 0 bridgehead atoms. The van der Waals surface area contributed by atoms with Crippen LogP contribution in [0.15, 0.2) is 47.3 Å². The third-order valence-electron chi connectivity index (χ3n) is 3.20. The van der Waals surface area contributed by atoms with Crippen molar-refractivity contribution in [1.29, 1.82) is 0 Å². The highest BCUT2D eigenvalue weighted by Gasteiger charge is 2.21. The Labute approximate surface area is 99.5 Å². The molecule has 1 aliphatic rings. The Kier molecular flexibility index (Phi) is 2.53. The molecule has 2 N–H and O–H groups in total. The maximum atomic E-state index is 11.3. The quantitative estimate of drug-likeness (QED) is 0.776. The third-order valence-corrected chi connectivity index (χ3v) is 3.20. The summed E-state index contributed by atoms with van der Waals surface area (Å²) in [6, 6.07) is 14.0. The average molecular weight is 226 g/mol. The van der Waals surface area contributed by atoms with Crippen molar-refractivity contribution >= 4 is 0 Å². The monoisotopic (exact) mass is 226 g/mol. The highest BCUT2D eigenvalue weighted by molar-refractivity contribution is 5.35. The van der Waals surface area contributed by atoms with Gasteiger partial charge < -0.3 is 10.3 Å². The minimum atomic E-state index is -0.0162. The Hall–Kier alpha value is -1.87. The van der Waals surface area contributed by atoms with E-state index in [1.165, 1.54) is 11.1 Å². The van der Waals surface area contributed by atoms with Crippen molar-refractivity contribution in [3.8, 4) is 0 Å². The van der Waals surface area contributed by atoms with E-state index >= 15 is 0 Å². The van der Waals surface area contributed by atoms with Crippen LogP contribution < -0.4 is 10.9 Å². The Bertz CT molecular complexity index is 574. The number of hydrogen-bond donors (Lipinski definition) is 2. The van der Waals surface area contributed by atoms with E-state index in [0.29, 0.717) is 0 Å². The molecule has 0 amide bonds. The summed E-state index contributed by atoms with van der Waals surface area (Å²) in [5.74, 6) is 0. The molecule has 2 aromatic rings. The largest absolute Gasteiger partial charge is 0.326 e. The van der Waals surface area contributed by atoms with E-state index in [9.17, 15) is 4.79 Å². The maximum absolute atomic E-state index is 11.3. The molecule has 0 aliphatic carbocycles. The highest BCUT2D eigenvalue weighted by Crippen LogP contribution is 2.26. The van der Waals surface area contributed by atoms with Crippen LogP contribution in [0.5, 0.6) is 0 Å². The fraction of sp³-hybridized carbons (Fsp3) is 0.214. The third kappa shape index (κ3) is 1.89. The molecule has 1 atom stereocenters. The zero-order valence-corrected chi connectivity index (χ0v) is 9.44. The number of hydrogen-bond acceptors (Lipinski definition) is 2. The molecule has 2 heterocycles. The zero-order chi connectivity index (χ0) is 11.7. The second-order valence-corrected chi connectivity index (χ2v) is 4.30. The number of aromatic amines is 1. The Balaban J connectivity index is 2.08. The van der Waals surface area contributed by atoms with Crippen molar-refractivity contribution in [1.82, 2.24) is 10.3 Å². The molecule has 0 saturated carbocycles. The van der Waals surface area contributed by atoms with Crippen LogP contribution in [-0.4, -0.2) is 11.5 Å². The summed E-state index contributed by atoms with van der Waals surface area (Å²) >= 11 is 0. The predicted molar refractivity (Wildman–Crippen MR) is 67.1 cm³/mol. The molecular formula is C14H14N2O. The smallest absolute Gasteiger partial charge is 0.248 e. The van der Waals surface area contributed by atoms with Crippen LogP contribution >= 0.6 is 0 Å². The van der Waals surface area contributed by atoms with Crippen molar-refractivity contribution in [2.24, 2.45) is 0 Å². The topological polar surface area (TPSA) is 44.9 Å². The van der Waals surface area contributed by atoms with E-state index in [4.69, 9.17) is 0 Å². The first kappa shape index (κ1) is 10.3. The molecule has 1 unspecified atom stereocenters. The van der Waals surface area contributed by atoms with Crippen molar-refractivity contribution in [3.63, 3.8) is 0 Å². The zero-order valence-electron chi connectivity index (χ0n) is 9.44. The first-order valence-corrected chi connectivity index (χ1v) is 5.85. The number of benzene rings is 1. The lowest BCUT2D eigenvalue weighted by Gasteiger charge is -2.26. The van der Waals surface area contributed by atoms with Crippen LogP contribution in [0, 0.1) is 0 Å². The molecule has 0 fully saturated rings. The van der Waals surface area contributed by atoms with Crippen LogP contribution in [0.1, 0.15) is 22.9 Å². The van der Waals surface area contributed by atoms with Crippen LogP contribution in [0.2, 0.25) is 0 Å². The van der Waals surface area contributed by atoms with Gasteiger partial charge >= 0.3 is 0 Å². The van der Waals surface area contributed by atoms with Gasteiger partial charge in [-0.15, -0.1) is 0 Å². The van der Waals surface area contributed by atoms with Gasteiger partial charge in [-0.2, -0.15) is 0 Å². The van der Waals surface area contributed by atoms with E-state index in [0.717, 1.165) is 18.7 Å². The van der Waals surface area contributed by atoms with E-state index in [2.05, 4.69) is 22.4 Å².